The Balaban J connectivity index is 1.10. The van der Waals surface area contributed by atoms with E-state index in [1.807, 2.05) is 50.9 Å². The van der Waals surface area contributed by atoms with Crippen LogP contribution in [0.15, 0.2) is 23.8 Å². The second-order valence-electron chi connectivity index (χ2n) is 28.4. The van der Waals surface area contributed by atoms with Crippen LogP contribution in [0.5, 0.6) is 0 Å². The van der Waals surface area contributed by atoms with E-state index >= 15 is 4.39 Å². The highest BCUT2D eigenvalue weighted by molar-refractivity contribution is 5.93. The van der Waals surface area contributed by atoms with Gasteiger partial charge in [0, 0.05) is 61.6 Å². The molecule has 7 rings (SSSR count). The van der Waals surface area contributed by atoms with Gasteiger partial charge in [0.2, 0.25) is 0 Å². The van der Waals surface area contributed by atoms with Gasteiger partial charge in [-0.05, 0) is 152 Å². The van der Waals surface area contributed by atoms with Crippen molar-refractivity contribution in [2.24, 2.45) is 46.3 Å². The average molecular weight is 1210 g/mol. The lowest BCUT2D eigenvalue weighted by Gasteiger charge is -2.61. The molecule has 486 valence electrons. The summed E-state index contributed by atoms with van der Waals surface area (Å²) in [5.41, 5.74) is -10.7. The Labute approximate surface area is 503 Å². The van der Waals surface area contributed by atoms with Gasteiger partial charge in [-0.2, -0.15) is 0 Å². The van der Waals surface area contributed by atoms with Gasteiger partial charge < -0.3 is 78.3 Å². The van der Waals surface area contributed by atoms with Gasteiger partial charge in [-0.1, -0.05) is 52.3 Å². The zero-order valence-corrected chi connectivity index (χ0v) is 53.7. The number of aliphatic hydroxyl groups is 6. The zero-order valence-electron chi connectivity index (χ0n) is 53.7. The second-order valence-corrected chi connectivity index (χ2v) is 28.4. The molecule has 0 aromatic carbocycles. The maximum Gasteiger partial charge on any atom is 0.338 e. The Hall–Kier alpha value is -3.03. The Morgan fingerprint density at radius 2 is 1.54 bits per heavy atom. The summed E-state index contributed by atoms with van der Waals surface area (Å²) in [7, 11) is 6.99. The molecule has 0 amide bonds. The topological polar surface area (TPSA) is 270 Å². The van der Waals surface area contributed by atoms with Gasteiger partial charge in [-0.3, -0.25) is 14.4 Å². The first-order chi connectivity index (χ1) is 39.4. The van der Waals surface area contributed by atoms with E-state index in [-0.39, 0.29) is 76.1 Å². The van der Waals surface area contributed by atoms with Gasteiger partial charge in [-0.15, -0.1) is 0 Å². The fourth-order valence-electron chi connectivity index (χ4n) is 16.6. The standard InChI is InChI=1S/C64H105FN2O18/c1-18-47-62(13,76)52(71)39(7)67(16)33-34(2)30-60(11,75)54(37(5)50(38(6)55(73)82-47)84-49-32-61(12,78-17)53(72)40(8)81-49)85-56-51(45(66(14)15)28-36(4)80-56)83-48(70)21-19-20-26-79-57(74)64(77)35(3)27-44-43-23-22-41-29-42(68)24-25-58(41,9)63(43,65)46(69)31-59(44,64)10/h22,24-25,34-40,43-47,49-54,56,69,71-72,75-77H,18-21,23,26-33H2,1-17H3/t34-,35-,36-,37+,38-,39-,40?,43?,44?,45-,46+,47-,49-,50+,51-,52-,53-,54-,56+,58+,59+,60-,61+,62-,63+,64+/m1/s1. The van der Waals surface area contributed by atoms with E-state index in [4.69, 9.17) is 37.9 Å². The molecule has 3 aliphatic heterocycles. The van der Waals surface area contributed by atoms with E-state index in [9.17, 15) is 49.8 Å². The number of alkyl halides is 1. The van der Waals surface area contributed by atoms with Crippen molar-refractivity contribution in [1.82, 2.24) is 9.80 Å². The van der Waals surface area contributed by atoms with Crippen LogP contribution in [0.4, 0.5) is 4.39 Å². The average Bonchev–Trinajstić information content (AvgIpc) is 1.71. The van der Waals surface area contributed by atoms with E-state index in [0.717, 1.165) is 0 Å². The Morgan fingerprint density at radius 1 is 0.871 bits per heavy atom. The molecule has 0 aromatic heterocycles. The molecule has 4 aliphatic carbocycles. The summed E-state index contributed by atoms with van der Waals surface area (Å²) in [4.78, 5) is 59.2. The molecule has 3 heterocycles. The normalized spacial score (nSPS) is 48.4. The molecule has 0 aromatic rings. The number of likely N-dealkylation sites (N-methyl/N-ethyl adjacent to an activating group) is 2. The SMILES string of the molecule is CC[C@H]1OC(=O)[C@H](C)[C@@H](O[C@@H]2C[C@](C)(OC)[C@H](O)C(C)O2)[C@H](C)[C@@H](O[C@@H]2O[C@H](C)C[C@@H](N(C)C)[C@H]2OC(=O)CCCCOC(=O)[C@@]2(O)[C@H](C)CC3C4CC=C5CC(=O)C=C[C@]5(C)[C@@]4(F)[C@@H](O)C[C@@]32C)[C@](C)(O)C[C@@H](C)CN(C)[C@H](C)[C@@H](O)[C@]1(C)O. The van der Waals surface area contributed by atoms with Crippen molar-refractivity contribution in [2.75, 3.05) is 41.4 Å². The molecule has 2 saturated carbocycles. The van der Waals surface area contributed by atoms with Crippen LogP contribution in [-0.4, -0.2) is 213 Å². The minimum Gasteiger partial charge on any atom is -0.464 e. The number of hydrogen-bond donors (Lipinski definition) is 6. The van der Waals surface area contributed by atoms with Crippen molar-refractivity contribution < 1.29 is 92.1 Å². The fourth-order valence-corrected chi connectivity index (χ4v) is 16.6. The third kappa shape index (κ3) is 12.9. The predicted molar refractivity (Wildman–Crippen MR) is 311 cm³/mol. The molecule has 6 N–H and O–H groups in total. The lowest BCUT2D eigenvalue weighted by Crippen LogP contribution is -2.69. The first-order valence-corrected chi connectivity index (χ1v) is 31.3. The molecular weight excluding hydrogens is 1100 g/mol. The summed E-state index contributed by atoms with van der Waals surface area (Å²) >= 11 is 0. The molecule has 0 bridgehead atoms. The van der Waals surface area contributed by atoms with Crippen molar-refractivity contribution >= 4 is 23.7 Å². The highest BCUT2D eigenvalue weighted by Crippen LogP contribution is 2.70. The number of hydrogen-bond acceptors (Lipinski definition) is 20. The monoisotopic (exact) mass is 1210 g/mol. The number of halogens is 1. The minimum absolute atomic E-state index is 0.0491. The summed E-state index contributed by atoms with van der Waals surface area (Å²) in [6, 6.07) is -1.08. The molecule has 20 nitrogen and oxygen atoms in total. The van der Waals surface area contributed by atoms with Crippen LogP contribution in [0.1, 0.15) is 161 Å². The smallest absolute Gasteiger partial charge is 0.338 e. The van der Waals surface area contributed by atoms with Gasteiger partial charge in [-0.25, -0.2) is 9.18 Å². The van der Waals surface area contributed by atoms with Crippen LogP contribution in [0.3, 0.4) is 0 Å². The lowest BCUT2D eigenvalue weighted by atomic mass is 9.45. The van der Waals surface area contributed by atoms with Crippen LogP contribution in [0, 0.1) is 46.3 Å². The highest BCUT2D eigenvalue weighted by atomic mass is 19.1. The summed E-state index contributed by atoms with van der Waals surface area (Å²) in [6.07, 6.45) is -5.65. The number of fused-ring (bicyclic) bond motifs is 5. The van der Waals surface area contributed by atoms with E-state index < -0.39 is 166 Å². The predicted octanol–water partition coefficient (Wildman–Crippen LogP) is 5.51. The van der Waals surface area contributed by atoms with Crippen molar-refractivity contribution in [3.8, 4) is 0 Å². The first-order valence-electron chi connectivity index (χ1n) is 31.3. The Morgan fingerprint density at radius 3 is 2.18 bits per heavy atom. The summed E-state index contributed by atoms with van der Waals surface area (Å²) in [6.45, 7) is 22.7. The maximum absolute atomic E-state index is 17.8. The maximum atomic E-state index is 17.8. The number of ether oxygens (including phenoxy) is 8. The van der Waals surface area contributed by atoms with E-state index in [0.29, 0.717) is 25.0 Å². The molecule has 7 aliphatic rings. The van der Waals surface area contributed by atoms with Crippen LogP contribution in [-0.2, 0) is 57.1 Å². The minimum atomic E-state index is -2.13. The largest absolute Gasteiger partial charge is 0.464 e. The molecular formula is C64H105FN2O18. The fraction of sp³-hybridized carbons (Fsp3) is 0.875. The Bertz CT molecular complexity index is 2440. The molecule has 85 heavy (non-hydrogen) atoms. The van der Waals surface area contributed by atoms with Gasteiger partial charge in [0.15, 0.2) is 35.7 Å². The number of nitrogens with zero attached hydrogens (tertiary/aromatic N) is 2. The zero-order chi connectivity index (χ0) is 63.5. The second kappa shape index (κ2) is 26.1. The number of methoxy groups -OCH3 is 1. The quantitative estimate of drug-likeness (QED) is 0.0541. The first kappa shape index (κ1) is 69.4. The highest BCUT2D eigenvalue weighted by Gasteiger charge is 2.76. The number of esters is 3. The number of rotatable bonds is 14. The summed E-state index contributed by atoms with van der Waals surface area (Å²) in [5, 5.41) is 72.3. The van der Waals surface area contributed by atoms with Crippen LogP contribution < -0.4 is 0 Å². The van der Waals surface area contributed by atoms with Crippen LogP contribution in [0.25, 0.3) is 0 Å². The number of cyclic esters (lactones) is 1. The number of carbonyl (C=O) groups excluding carboxylic acids is 4. The van der Waals surface area contributed by atoms with Crippen molar-refractivity contribution in [2.45, 2.75) is 268 Å². The van der Waals surface area contributed by atoms with Crippen molar-refractivity contribution in [1.29, 1.82) is 0 Å². The van der Waals surface area contributed by atoms with Crippen molar-refractivity contribution in [3.63, 3.8) is 0 Å². The number of allylic oxidation sites excluding steroid dienone is 4. The molecule has 5 fully saturated rings. The van der Waals surface area contributed by atoms with Crippen LogP contribution in [0.2, 0.25) is 0 Å². The third-order valence-electron chi connectivity index (χ3n) is 22.0. The molecule has 21 heteroatoms. The molecule has 26 atom stereocenters. The van der Waals surface area contributed by atoms with E-state index in [1.165, 1.54) is 20.1 Å². The van der Waals surface area contributed by atoms with Gasteiger partial charge in [0.05, 0.1) is 60.3 Å². The van der Waals surface area contributed by atoms with Crippen molar-refractivity contribution in [3.05, 3.63) is 23.8 Å². The van der Waals surface area contributed by atoms with E-state index in [1.54, 1.807) is 75.3 Å². The molecule has 3 saturated heterocycles. The molecule has 0 spiro atoms. The molecule has 3 unspecified atom stereocenters. The number of unbranched alkanes of at least 4 members (excludes halogenated alkanes) is 1. The van der Waals surface area contributed by atoms with E-state index in [2.05, 4.69) is 0 Å². The number of ketones is 1. The van der Waals surface area contributed by atoms with Gasteiger partial charge in [0.1, 0.15) is 23.9 Å². The molecule has 0 radical (unpaired) electrons. The van der Waals surface area contributed by atoms with Gasteiger partial charge in [0.25, 0.3) is 0 Å². The van der Waals surface area contributed by atoms with Gasteiger partial charge >= 0.3 is 17.9 Å². The Kier molecular flexibility index (Phi) is 21.3. The number of aliphatic hydroxyl groups excluding tert-OH is 3. The summed E-state index contributed by atoms with van der Waals surface area (Å²) < 4.78 is 68.8. The lowest BCUT2D eigenvalue weighted by molar-refractivity contribution is -0.319. The number of carbonyl (C=O) groups is 4. The summed E-state index contributed by atoms with van der Waals surface area (Å²) in [5.74, 6) is -6.52. The van der Waals surface area contributed by atoms with Crippen LogP contribution >= 0.6 is 0 Å². The third-order valence-corrected chi connectivity index (χ3v) is 22.0.